The van der Waals surface area contributed by atoms with Gasteiger partial charge in [0.2, 0.25) is 5.91 Å². The molecule has 0 bridgehead atoms. The average Bonchev–Trinajstić information content (AvgIpc) is 2.63. The molecule has 5 heteroatoms. The van der Waals surface area contributed by atoms with Crippen LogP contribution in [0.25, 0.3) is 0 Å². The molecule has 1 aliphatic carbocycles. The SMILES string of the molecule is NC1(C(=O)Nc2cccc(NC(=O)c3ccccc3)c2)CCCCC1. The van der Waals surface area contributed by atoms with Gasteiger partial charge in [0, 0.05) is 16.9 Å². The van der Waals surface area contributed by atoms with Crippen LogP contribution >= 0.6 is 0 Å². The number of nitrogens with two attached hydrogens (primary N) is 1. The summed E-state index contributed by atoms with van der Waals surface area (Å²) < 4.78 is 0. The lowest BCUT2D eigenvalue weighted by Gasteiger charge is -2.31. The number of hydrogen-bond donors (Lipinski definition) is 3. The van der Waals surface area contributed by atoms with Crippen LogP contribution in [0.5, 0.6) is 0 Å². The lowest BCUT2D eigenvalue weighted by Crippen LogP contribution is -2.52. The van der Waals surface area contributed by atoms with Gasteiger partial charge in [-0.05, 0) is 43.2 Å². The Morgan fingerprint density at radius 3 is 2.16 bits per heavy atom. The number of amides is 2. The van der Waals surface area contributed by atoms with Gasteiger partial charge in [0.1, 0.15) is 0 Å². The van der Waals surface area contributed by atoms with Crippen molar-refractivity contribution in [2.75, 3.05) is 10.6 Å². The zero-order valence-electron chi connectivity index (χ0n) is 14.1. The summed E-state index contributed by atoms with van der Waals surface area (Å²) in [6.07, 6.45) is 4.52. The minimum absolute atomic E-state index is 0.154. The van der Waals surface area contributed by atoms with Gasteiger partial charge in [-0.1, -0.05) is 43.5 Å². The van der Waals surface area contributed by atoms with E-state index in [-0.39, 0.29) is 11.8 Å². The summed E-state index contributed by atoms with van der Waals surface area (Å²) in [6, 6.07) is 16.1. The Morgan fingerprint density at radius 2 is 1.48 bits per heavy atom. The van der Waals surface area contributed by atoms with Gasteiger partial charge in [-0.3, -0.25) is 9.59 Å². The van der Waals surface area contributed by atoms with Gasteiger partial charge >= 0.3 is 0 Å². The molecule has 0 atom stereocenters. The summed E-state index contributed by atoms with van der Waals surface area (Å²) in [6.45, 7) is 0. The van der Waals surface area contributed by atoms with Gasteiger partial charge in [-0.2, -0.15) is 0 Å². The number of nitrogens with one attached hydrogen (secondary N) is 2. The van der Waals surface area contributed by atoms with E-state index in [0.717, 1.165) is 19.3 Å². The molecular weight excluding hydrogens is 314 g/mol. The molecule has 0 heterocycles. The van der Waals surface area contributed by atoms with Crippen LogP contribution in [0.15, 0.2) is 54.6 Å². The summed E-state index contributed by atoms with van der Waals surface area (Å²) in [7, 11) is 0. The van der Waals surface area contributed by atoms with Gasteiger partial charge in [0.05, 0.1) is 5.54 Å². The third-order valence-electron chi connectivity index (χ3n) is 4.61. The predicted molar refractivity (Wildman–Crippen MR) is 99.5 cm³/mol. The second-order valence-corrected chi connectivity index (χ2v) is 6.57. The first-order chi connectivity index (χ1) is 12.1. The number of rotatable bonds is 4. The Kier molecular flexibility index (Phi) is 5.14. The molecule has 0 aromatic heterocycles. The molecule has 1 aliphatic rings. The molecule has 0 radical (unpaired) electrons. The van der Waals surface area contributed by atoms with Crippen molar-refractivity contribution in [2.24, 2.45) is 5.73 Å². The first-order valence-corrected chi connectivity index (χ1v) is 8.64. The average molecular weight is 337 g/mol. The first-order valence-electron chi connectivity index (χ1n) is 8.64. The fraction of sp³-hybridized carbons (Fsp3) is 0.300. The zero-order valence-corrected chi connectivity index (χ0v) is 14.1. The highest BCUT2D eigenvalue weighted by molar-refractivity contribution is 6.05. The third kappa shape index (κ3) is 4.25. The summed E-state index contributed by atoms with van der Waals surface area (Å²) in [5.41, 5.74) is 7.31. The van der Waals surface area contributed by atoms with Crippen molar-refractivity contribution in [1.29, 1.82) is 0 Å². The third-order valence-corrected chi connectivity index (χ3v) is 4.61. The summed E-state index contributed by atoms with van der Waals surface area (Å²) >= 11 is 0. The van der Waals surface area contributed by atoms with Crippen LogP contribution in [0.1, 0.15) is 42.5 Å². The lowest BCUT2D eigenvalue weighted by atomic mass is 9.82. The Bertz CT molecular complexity index is 753. The van der Waals surface area contributed by atoms with Crippen LogP contribution in [-0.2, 0) is 4.79 Å². The minimum Gasteiger partial charge on any atom is -0.324 e. The molecule has 2 aromatic rings. The first kappa shape index (κ1) is 17.2. The van der Waals surface area contributed by atoms with E-state index in [4.69, 9.17) is 5.73 Å². The maximum atomic E-state index is 12.5. The van der Waals surface area contributed by atoms with Crippen molar-refractivity contribution in [2.45, 2.75) is 37.6 Å². The summed E-state index contributed by atoms with van der Waals surface area (Å²) in [4.78, 5) is 24.7. The Balaban J connectivity index is 1.67. The maximum Gasteiger partial charge on any atom is 0.255 e. The van der Waals surface area contributed by atoms with Crippen molar-refractivity contribution in [1.82, 2.24) is 0 Å². The fourth-order valence-electron chi connectivity index (χ4n) is 3.13. The highest BCUT2D eigenvalue weighted by Crippen LogP contribution is 2.27. The number of anilines is 2. The molecule has 0 saturated heterocycles. The Labute approximate surface area is 147 Å². The van der Waals surface area contributed by atoms with Crippen molar-refractivity contribution in [3.05, 3.63) is 60.2 Å². The second kappa shape index (κ2) is 7.49. The van der Waals surface area contributed by atoms with Crippen molar-refractivity contribution < 1.29 is 9.59 Å². The molecule has 5 nitrogen and oxygen atoms in total. The topological polar surface area (TPSA) is 84.2 Å². The molecule has 1 fully saturated rings. The maximum absolute atomic E-state index is 12.5. The van der Waals surface area contributed by atoms with E-state index in [1.807, 2.05) is 18.2 Å². The molecule has 0 aliphatic heterocycles. The molecule has 130 valence electrons. The summed E-state index contributed by atoms with van der Waals surface area (Å²) in [5, 5.41) is 5.73. The lowest BCUT2D eigenvalue weighted by molar-refractivity contribution is -0.122. The van der Waals surface area contributed by atoms with Crippen LogP contribution < -0.4 is 16.4 Å². The smallest absolute Gasteiger partial charge is 0.255 e. The van der Waals surface area contributed by atoms with E-state index in [1.54, 1.807) is 36.4 Å². The standard InChI is InChI=1S/C20H23N3O2/c21-20(12-5-2-6-13-20)19(25)23-17-11-7-10-16(14-17)22-18(24)15-8-3-1-4-9-15/h1,3-4,7-11,14H,2,5-6,12-13,21H2,(H,22,24)(H,23,25). The molecule has 0 spiro atoms. The van der Waals surface area contributed by atoms with Gasteiger partial charge < -0.3 is 16.4 Å². The molecule has 4 N–H and O–H groups in total. The van der Waals surface area contributed by atoms with E-state index in [2.05, 4.69) is 10.6 Å². The van der Waals surface area contributed by atoms with Gasteiger partial charge in [-0.25, -0.2) is 0 Å². The van der Waals surface area contributed by atoms with Gasteiger partial charge in [0.25, 0.3) is 5.91 Å². The van der Waals surface area contributed by atoms with Crippen molar-refractivity contribution >= 4 is 23.2 Å². The normalized spacial score (nSPS) is 16.0. The molecular formula is C20H23N3O2. The number of hydrogen-bond acceptors (Lipinski definition) is 3. The van der Waals surface area contributed by atoms with Crippen LogP contribution in [0.2, 0.25) is 0 Å². The molecule has 0 unspecified atom stereocenters. The van der Waals surface area contributed by atoms with E-state index >= 15 is 0 Å². The van der Waals surface area contributed by atoms with Crippen LogP contribution in [0.3, 0.4) is 0 Å². The second-order valence-electron chi connectivity index (χ2n) is 6.57. The number of carbonyl (C=O) groups is 2. The van der Waals surface area contributed by atoms with E-state index in [1.165, 1.54) is 0 Å². The van der Waals surface area contributed by atoms with E-state index < -0.39 is 5.54 Å². The number of benzene rings is 2. The van der Waals surface area contributed by atoms with Gasteiger partial charge in [-0.15, -0.1) is 0 Å². The molecule has 2 aromatic carbocycles. The van der Waals surface area contributed by atoms with E-state index in [9.17, 15) is 9.59 Å². The Morgan fingerprint density at radius 1 is 0.840 bits per heavy atom. The van der Waals surface area contributed by atoms with Crippen molar-refractivity contribution in [3.8, 4) is 0 Å². The molecule has 3 rings (SSSR count). The zero-order chi connectivity index (χ0) is 17.7. The summed E-state index contributed by atoms with van der Waals surface area (Å²) in [5.74, 6) is -0.342. The van der Waals surface area contributed by atoms with Crippen LogP contribution in [0, 0.1) is 0 Å². The molecule has 2 amide bonds. The van der Waals surface area contributed by atoms with Crippen molar-refractivity contribution in [3.63, 3.8) is 0 Å². The highest BCUT2D eigenvalue weighted by atomic mass is 16.2. The monoisotopic (exact) mass is 337 g/mol. The fourth-order valence-corrected chi connectivity index (χ4v) is 3.13. The van der Waals surface area contributed by atoms with Crippen LogP contribution in [0.4, 0.5) is 11.4 Å². The Hall–Kier alpha value is -2.66. The molecule has 25 heavy (non-hydrogen) atoms. The largest absolute Gasteiger partial charge is 0.324 e. The highest BCUT2D eigenvalue weighted by Gasteiger charge is 2.35. The number of carbonyl (C=O) groups excluding carboxylic acids is 2. The van der Waals surface area contributed by atoms with Gasteiger partial charge in [0.15, 0.2) is 0 Å². The minimum atomic E-state index is -0.790. The predicted octanol–water partition coefficient (Wildman–Crippen LogP) is 3.54. The quantitative estimate of drug-likeness (QED) is 0.798. The van der Waals surface area contributed by atoms with E-state index in [0.29, 0.717) is 29.8 Å². The van der Waals surface area contributed by atoms with Crippen LogP contribution in [-0.4, -0.2) is 17.4 Å². The molecule has 1 saturated carbocycles.